The van der Waals surface area contributed by atoms with Gasteiger partial charge in [0.25, 0.3) is 0 Å². The van der Waals surface area contributed by atoms with E-state index in [0.29, 0.717) is 29.6 Å². The zero-order valence-corrected chi connectivity index (χ0v) is 22.9. The van der Waals surface area contributed by atoms with Crippen LogP contribution >= 0.6 is 0 Å². The first-order valence-corrected chi connectivity index (χ1v) is 14.5. The molecule has 1 atom stereocenters. The molecule has 214 valence electrons. The van der Waals surface area contributed by atoms with E-state index in [-0.39, 0.29) is 35.5 Å². The molecule has 11 heteroatoms. The number of rotatable bonds is 10. The van der Waals surface area contributed by atoms with Crippen LogP contribution in [0.25, 0.3) is 11.0 Å². The number of hydrogen-bond donors (Lipinski definition) is 0. The SMILES string of the molecule is O=C(CN(CC1CCCO1)S(=O)(=O)c1ccc(F)cc1)N(Cc1ccc(F)cc1)Cc1coc2ccccc2c1=O. The van der Waals surface area contributed by atoms with Crippen LogP contribution in [0.3, 0.4) is 0 Å². The average Bonchev–Trinajstić information content (AvgIpc) is 3.48. The molecule has 0 aliphatic carbocycles. The number of nitrogens with zero attached hydrogens (tertiary/aromatic N) is 2. The Labute approximate surface area is 235 Å². The maximum atomic E-state index is 13.8. The smallest absolute Gasteiger partial charge is 0.243 e. The van der Waals surface area contributed by atoms with Gasteiger partial charge in [-0.15, -0.1) is 0 Å². The van der Waals surface area contributed by atoms with E-state index >= 15 is 0 Å². The third-order valence-electron chi connectivity index (χ3n) is 6.95. The van der Waals surface area contributed by atoms with E-state index in [0.717, 1.165) is 35.0 Å². The second-order valence-corrected chi connectivity index (χ2v) is 11.8. The maximum Gasteiger partial charge on any atom is 0.243 e. The Morgan fingerprint density at radius 2 is 1.61 bits per heavy atom. The van der Waals surface area contributed by atoms with Crippen molar-refractivity contribution in [1.29, 1.82) is 0 Å². The van der Waals surface area contributed by atoms with E-state index in [1.165, 1.54) is 35.4 Å². The molecule has 41 heavy (non-hydrogen) atoms. The zero-order chi connectivity index (χ0) is 29.0. The molecule has 0 N–H and O–H groups in total. The van der Waals surface area contributed by atoms with Gasteiger partial charge in [0.05, 0.1) is 41.3 Å². The fourth-order valence-corrected chi connectivity index (χ4v) is 6.17. The number of carbonyl (C=O) groups is 1. The van der Waals surface area contributed by atoms with Crippen molar-refractivity contribution in [3.63, 3.8) is 0 Å². The number of sulfonamides is 1. The number of hydrogen-bond acceptors (Lipinski definition) is 6. The van der Waals surface area contributed by atoms with Crippen LogP contribution in [0.15, 0.2) is 93.2 Å². The highest BCUT2D eigenvalue weighted by atomic mass is 32.2. The molecule has 0 spiro atoms. The second kappa shape index (κ2) is 12.3. The maximum absolute atomic E-state index is 13.8. The Hall–Kier alpha value is -3.93. The summed E-state index contributed by atoms with van der Waals surface area (Å²) in [5, 5.41) is 0.345. The van der Waals surface area contributed by atoms with Gasteiger partial charge in [-0.05, 0) is 66.9 Å². The summed E-state index contributed by atoms with van der Waals surface area (Å²) in [5.74, 6) is -1.63. The minimum atomic E-state index is -4.21. The first-order chi connectivity index (χ1) is 19.7. The highest BCUT2D eigenvalue weighted by Crippen LogP contribution is 2.22. The van der Waals surface area contributed by atoms with Crippen molar-refractivity contribution in [2.24, 2.45) is 0 Å². The van der Waals surface area contributed by atoms with Crippen molar-refractivity contribution in [3.8, 4) is 0 Å². The van der Waals surface area contributed by atoms with Gasteiger partial charge >= 0.3 is 0 Å². The van der Waals surface area contributed by atoms with Crippen molar-refractivity contribution in [3.05, 3.63) is 112 Å². The van der Waals surface area contributed by atoms with Crippen LogP contribution in [-0.2, 0) is 32.6 Å². The summed E-state index contributed by atoms with van der Waals surface area (Å²) < 4.78 is 66.6. The summed E-state index contributed by atoms with van der Waals surface area (Å²) in [5.41, 5.74) is 0.855. The molecule has 1 saturated heterocycles. The fourth-order valence-electron chi connectivity index (χ4n) is 4.74. The van der Waals surface area contributed by atoms with Gasteiger partial charge in [0.15, 0.2) is 5.43 Å². The molecule has 1 aliphatic heterocycles. The van der Waals surface area contributed by atoms with Crippen molar-refractivity contribution < 1.29 is 31.1 Å². The predicted molar refractivity (Wildman–Crippen MR) is 147 cm³/mol. The van der Waals surface area contributed by atoms with E-state index in [2.05, 4.69) is 0 Å². The number of amides is 1. The van der Waals surface area contributed by atoms with Crippen LogP contribution in [-0.4, -0.2) is 49.3 Å². The third kappa shape index (κ3) is 6.70. The normalized spacial score (nSPS) is 15.4. The fraction of sp³-hybridized carbons (Fsp3) is 0.267. The lowest BCUT2D eigenvalue weighted by molar-refractivity contribution is -0.132. The lowest BCUT2D eigenvalue weighted by Crippen LogP contribution is -2.45. The van der Waals surface area contributed by atoms with Crippen molar-refractivity contribution in [1.82, 2.24) is 9.21 Å². The van der Waals surface area contributed by atoms with Crippen LogP contribution < -0.4 is 5.43 Å². The van der Waals surface area contributed by atoms with Crippen LogP contribution in [0.4, 0.5) is 8.78 Å². The molecular weight excluding hydrogens is 554 g/mol. The Morgan fingerprint density at radius 1 is 0.927 bits per heavy atom. The Kier molecular flexibility index (Phi) is 8.57. The van der Waals surface area contributed by atoms with Crippen molar-refractivity contribution in [2.45, 2.75) is 36.9 Å². The van der Waals surface area contributed by atoms with E-state index < -0.39 is 40.2 Å². The second-order valence-electron chi connectivity index (χ2n) is 9.85. The van der Waals surface area contributed by atoms with Gasteiger partial charge in [0, 0.05) is 19.7 Å². The van der Waals surface area contributed by atoms with Gasteiger partial charge in [0.1, 0.15) is 17.2 Å². The number of benzene rings is 3. The molecule has 0 saturated carbocycles. The first-order valence-electron chi connectivity index (χ1n) is 13.1. The number of para-hydroxylation sites is 1. The summed E-state index contributed by atoms with van der Waals surface area (Å²) in [6.07, 6.45) is 2.27. The van der Waals surface area contributed by atoms with Crippen molar-refractivity contribution >= 4 is 26.9 Å². The van der Waals surface area contributed by atoms with Crippen LogP contribution in [0.2, 0.25) is 0 Å². The summed E-state index contributed by atoms with van der Waals surface area (Å²) in [7, 11) is -4.21. The predicted octanol–water partition coefficient (Wildman–Crippen LogP) is 4.47. The molecule has 1 aliphatic rings. The topological polar surface area (TPSA) is 97.1 Å². The molecule has 0 bridgehead atoms. The first kappa shape index (κ1) is 28.6. The molecule has 5 rings (SSSR count). The van der Waals surface area contributed by atoms with Gasteiger partial charge in [-0.3, -0.25) is 9.59 Å². The minimum Gasteiger partial charge on any atom is -0.464 e. The quantitative estimate of drug-likeness (QED) is 0.274. The van der Waals surface area contributed by atoms with Crippen LogP contribution in [0.5, 0.6) is 0 Å². The zero-order valence-electron chi connectivity index (χ0n) is 22.0. The summed E-state index contributed by atoms with van der Waals surface area (Å²) >= 11 is 0. The minimum absolute atomic E-state index is 0.0181. The number of fused-ring (bicyclic) bond motifs is 1. The highest BCUT2D eigenvalue weighted by molar-refractivity contribution is 7.89. The van der Waals surface area contributed by atoms with Crippen molar-refractivity contribution in [2.75, 3.05) is 19.7 Å². The summed E-state index contributed by atoms with van der Waals surface area (Å²) in [4.78, 5) is 28.2. The lowest BCUT2D eigenvalue weighted by Gasteiger charge is -2.28. The standard InChI is InChI=1S/C30H28F2N2O6S/c31-23-9-7-21(8-10-23)16-33(17-22-20-40-28-6-2-1-5-27(28)30(22)36)29(35)19-34(18-25-4-3-15-39-25)41(37,38)26-13-11-24(32)12-14-26/h1-2,5-14,20,25H,3-4,15-19H2. The van der Waals surface area contributed by atoms with Gasteiger partial charge in [0.2, 0.25) is 15.9 Å². The molecule has 8 nitrogen and oxygen atoms in total. The van der Waals surface area contributed by atoms with E-state index in [1.54, 1.807) is 24.3 Å². The monoisotopic (exact) mass is 582 g/mol. The molecule has 0 radical (unpaired) electrons. The van der Waals surface area contributed by atoms with Gasteiger partial charge in [-0.1, -0.05) is 24.3 Å². The summed E-state index contributed by atoms with van der Waals surface area (Å²) in [6, 6.07) is 16.6. The number of halogens is 2. The van der Waals surface area contributed by atoms with Crippen LogP contribution in [0, 0.1) is 11.6 Å². The molecule has 3 aromatic carbocycles. The molecule has 2 heterocycles. The molecule has 1 fully saturated rings. The van der Waals surface area contributed by atoms with E-state index in [9.17, 15) is 26.8 Å². The van der Waals surface area contributed by atoms with E-state index in [4.69, 9.17) is 9.15 Å². The van der Waals surface area contributed by atoms with Crippen LogP contribution in [0.1, 0.15) is 24.0 Å². The average molecular weight is 583 g/mol. The van der Waals surface area contributed by atoms with E-state index in [1.807, 2.05) is 0 Å². The van der Waals surface area contributed by atoms with Gasteiger partial charge in [-0.25, -0.2) is 17.2 Å². The molecule has 4 aromatic rings. The molecular formula is C30H28F2N2O6S. The highest BCUT2D eigenvalue weighted by Gasteiger charge is 2.32. The number of ether oxygens (including phenoxy) is 1. The van der Waals surface area contributed by atoms with Gasteiger partial charge < -0.3 is 14.1 Å². The Bertz CT molecular complexity index is 1690. The molecule has 1 aromatic heterocycles. The van der Waals surface area contributed by atoms with Gasteiger partial charge in [-0.2, -0.15) is 4.31 Å². The number of carbonyl (C=O) groups excluding carboxylic acids is 1. The summed E-state index contributed by atoms with van der Waals surface area (Å²) in [6.45, 7) is -0.339. The third-order valence-corrected chi connectivity index (χ3v) is 8.77. The Balaban J connectivity index is 1.47. The molecule has 1 unspecified atom stereocenters. The largest absolute Gasteiger partial charge is 0.464 e. The Morgan fingerprint density at radius 3 is 2.29 bits per heavy atom. The molecule has 1 amide bonds. The lowest BCUT2D eigenvalue weighted by atomic mass is 10.1.